The van der Waals surface area contributed by atoms with Gasteiger partial charge in [0.05, 0.1) is 19.3 Å². The molecule has 0 spiro atoms. The lowest BCUT2D eigenvalue weighted by molar-refractivity contribution is -0.389. The zero-order chi connectivity index (χ0) is 19.0. The number of hydrogen-bond donors (Lipinski definition) is 0. The van der Waals surface area contributed by atoms with Gasteiger partial charge in [0.2, 0.25) is 0 Å². The highest BCUT2D eigenvalue weighted by Gasteiger charge is 2.40. The van der Waals surface area contributed by atoms with Gasteiger partial charge in [-0.1, -0.05) is 21.1 Å². The summed E-state index contributed by atoms with van der Waals surface area (Å²) >= 11 is 3.38. The molecule has 0 aliphatic carbocycles. The first-order valence-corrected chi connectivity index (χ1v) is 8.87. The van der Waals surface area contributed by atoms with Crippen LogP contribution in [0, 0.1) is 10.1 Å². The number of imidazole rings is 1. The van der Waals surface area contributed by atoms with Crippen molar-refractivity contribution in [2.24, 2.45) is 0 Å². The van der Waals surface area contributed by atoms with E-state index in [-0.39, 0.29) is 11.8 Å². The summed E-state index contributed by atoms with van der Waals surface area (Å²) in [5.41, 5.74) is 0.0718. The Morgan fingerprint density at radius 3 is 2.85 bits per heavy atom. The number of halogens is 1. The summed E-state index contributed by atoms with van der Waals surface area (Å²) < 4.78 is 15.8. The maximum absolute atomic E-state index is 10.8. The number of nitro groups is 1. The van der Waals surface area contributed by atoms with Gasteiger partial charge in [-0.25, -0.2) is 4.68 Å². The largest absolute Gasteiger partial charge is 0.487 e. The zero-order valence-corrected chi connectivity index (χ0v) is 15.9. The van der Waals surface area contributed by atoms with Crippen molar-refractivity contribution in [1.29, 1.82) is 0 Å². The lowest BCUT2D eigenvalue weighted by atomic mass is 10.1. The van der Waals surface area contributed by atoms with Gasteiger partial charge in [-0.15, -0.1) is 5.10 Å². The molecule has 0 radical (unpaired) electrons. The van der Waals surface area contributed by atoms with Crippen LogP contribution in [0.2, 0.25) is 0 Å². The van der Waals surface area contributed by atoms with E-state index in [1.807, 2.05) is 31.2 Å². The van der Waals surface area contributed by atoms with Gasteiger partial charge in [0.25, 0.3) is 0 Å². The second kappa shape index (κ2) is 6.65. The van der Waals surface area contributed by atoms with E-state index >= 15 is 0 Å². The van der Waals surface area contributed by atoms with Crippen molar-refractivity contribution < 1.29 is 14.4 Å². The van der Waals surface area contributed by atoms with Crippen molar-refractivity contribution in [2.75, 3.05) is 0 Å². The van der Waals surface area contributed by atoms with Crippen molar-refractivity contribution in [3.8, 4) is 11.8 Å². The minimum Gasteiger partial charge on any atom is -0.487 e. The first-order valence-electron chi connectivity index (χ1n) is 8.08. The Hall–Kier alpha value is -2.95. The van der Waals surface area contributed by atoms with Crippen LogP contribution in [0.5, 0.6) is 11.8 Å². The molecule has 140 valence electrons. The van der Waals surface area contributed by atoms with Gasteiger partial charge in [-0.2, -0.15) is 0 Å². The van der Waals surface area contributed by atoms with Crippen LogP contribution < -0.4 is 9.47 Å². The lowest BCUT2D eigenvalue weighted by Gasteiger charge is -2.21. The van der Waals surface area contributed by atoms with Crippen LogP contribution in [0.15, 0.2) is 41.1 Å². The SMILES string of the molecule is CC1(Cn2cc(COc3ccc(Br)cc3)nn2)Cn2cc([N+](=O)[O-])nc2O1. The van der Waals surface area contributed by atoms with Crippen molar-refractivity contribution in [1.82, 2.24) is 24.5 Å². The van der Waals surface area contributed by atoms with Crippen LogP contribution in [0.3, 0.4) is 0 Å². The molecule has 4 rings (SSSR count). The molecular formula is C16H15BrN6O4. The number of nitrogens with zero attached hydrogens (tertiary/aromatic N) is 6. The van der Waals surface area contributed by atoms with Gasteiger partial charge in [-0.3, -0.25) is 4.57 Å². The van der Waals surface area contributed by atoms with Crippen LogP contribution in [0.4, 0.5) is 5.82 Å². The third kappa shape index (κ3) is 3.77. The smallest absolute Gasteiger partial charge is 0.415 e. The molecule has 3 heterocycles. The van der Waals surface area contributed by atoms with Gasteiger partial charge >= 0.3 is 11.8 Å². The molecule has 2 aromatic heterocycles. The van der Waals surface area contributed by atoms with Gasteiger partial charge in [0.1, 0.15) is 29.8 Å². The Balaban J connectivity index is 1.37. The maximum Gasteiger partial charge on any atom is 0.415 e. The van der Waals surface area contributed by atoms with Crippen LogP contribution in [-0.2, 0) is 19.7 Å². The zero-order valence-electron chi connectivity index (χ0n) is 14.3. The van der Waals surface area contributed by atoms with E-state index in [0.29, 0.717) is 25.4 Å². The Morgan fingerprint density at radius 1 is 1.37 bits per heavy atom. The molecule has 1 unspecified atom stereocenters. The van der Waals surface area contributed by atoms with Crippen molar-refractivity contribution >= 4 is 21.7 Å². The number of hydrogen-bond acceptors (Lipinski definition) is 7. The van der Waals surface area contributed by atoms with Gasteiger partial charge < -0.3 is 19.6 Å². The molecule has 11 heteroatoms. The Morgan fingerprint density at radius 2 is 2.15 bits per heavy atom. The fourth-order valence-electron chi connectivity index (χ4n) is 2.88. The molecule has 0 saturated carbocycles. The molecule has 0 fully saturated rings. The standard InChI is InChI=1S/C16H15BrN6O4/c1-16(9-21-7-14(23(24)25)18-15(21)27-16)10-22-6-12(19-20-22)8-26-13-4-2-11(17)3-5-13/h2-7H,8-10H2,1H3. The highest BCUT2D eigenvalue weighted by molar-refractivity contribution is 9.10. The molecule has 0 saturated heterocycles. The van der Waals surface area contributed by atoms with E-state index in [1.54, 1.807) is 15.4 Å². The highest BCUT2D eigenvalue weighted by Crippen LogP contribution is 2.31. The van der Waals surface area contributed by atoms with E-state index < -0.39 is 10.5 Å². The summed E-state index contributed by atoms with van der Waals surface area (Å²) in [7, 11) is 0. The molecule has 1 aliphatic rings. The Labute approximate surface area is 162 Å². The number of ether oxygens (including phenoxy) is 2. The molecule has 27 heavy (non-hydrogen) atoms. The predicted molar refractivity (Wildman–Crippen MR) is 96.4 cm³/mol. The molecule has 0 N–H and O–H groups in total. The van der Waals surface area contributed by atoms with Crippen LogP contribution in [0.25, 0.3) is 0 Å². The van der Waals surface area contributed by atoms with E-state index in [0.717, 1.165) is 10.2 Å². The molecule has 10 nitrogen and oxygen atoms in total. The quantitative estimate of drug-likeness (QED) is 0.432. The molecule has 0 amide bonds. The second-order valence-corrected chi connectivity index (χ2v) is 7.38. The molecule has 1 aromatic carbocycles. The summed E-state index contributed by atoms with van der Waals surface area (Å²) in [4.78, 5) is 14.1. The highest BCUT2D eigenvalue weighted by atomic mass is 79.9. The summed E-state index contributed by atoms with van der Waals surface area (Å²) in [5.74, 6) is 0.519. The second-order valence-electron chi connectivity index (χ2n) is 6.47. The summed E-state index contributed by atoms with van der Waals surface area (Å²) in [6.45, 7) is 3.06. The molecule has 1 aliphatic heterocycles. The number of fused-ring (bicyclic) bond motifs is 1. The minimum absolute atomic E-state index is 0.222. The Bertz CT molecular complexity index is 960. The predicted octanol–water partition coefficient (Wildman–Crippen LogP) is 2.58. The van der Waals surface area contributed by atoms with E-state index in [1.165, 1.54) is 6.20 Å². The molecule has 0 bridgehead atoms. The van der Waals surface area contributed by atoms with Gasteiger partial charge in [0, 0.05) is 9.46 Å². The molecular weight excluding hydrogens is 420 g/mol. The van der Waals surface area contributed by atoms with Crippen LogP contribution in [0.1, 0.15) is 12.6 Å². The van der Waals surface area contributed by atoms with Crippen LogP contribution in [-0.4, -0.2) is 35.1 Å². The third-order valence-electron chi connectivity index (χ3n) is 4.04. The van der Waals surface area contributed by atoms with Crippen LogP contribution >= 0.6 is 15.9 Å². The fraction of sp³-hybridized carbons (Fsp3) is 0.312. The normalized spacial score (nSPS) is 18.1. The summed E-state index contributed by atoms with van der Waals surface area (Å²) in [6, 6.07) is 7.77. The topological polar surface area (TPSA) is 110 Å². The van der Waals surface area contributed by atoms with E-state index in [2.05, 4.69) is 31.2 Å². The van der Waals surface area contributed by atoms with Gasteiger partial charge in [-0.05, 0) is 36.1 Å². The molecule has 3 aromatic rings. The average molecular weight is 435 g/mol. The van der Waals surface area contributed by atoms with E-state index in [9.17, 15) is 10.1 Å². The number of rotatable bonds is 6. The van der Waals surface area contributed by atoms with E-state index in [4.69, 9.17) is 9.47 Å². The van der Waals surface area contributed by atoms with Crippen molar-refractivity contribution in [3.63, 3.8) is 0 Å². The summed E-state index contributed by atoms with van der Waals surface area (Å²) in [6.07, 6.45) is 3.16. The third-order valence-corrected chi connectivity index (χ3v) is 4.57. The first kappa shape index (κ1) is 17.5. The average Bonchev–Trinajstić information content (AvgIpc) is 3.28. The number of benzene rings is 1. The van der Waals surface area contributed by atoms with Crippen molar-refractivity contribution in [3.05, 3.63) is 56.9 Å². The lowest BCUT2D eigenvalue weighted by Crippen LogP contribution is -2.36. The molecule has 1 atom stereocenters. The summed E-state index contributed by atoms with van der Waals surface area (Å²) in [5, 5.41) is 19.0. The fourth-order valence-corrected chi connectivity index (χ4v) is 3.14. The van der Waals surface area contributed by atoms with Crippen molar-refractivity contribution in [2.45, 2.75) is 32.2 Å². The number of aromatic nitrogens is 5. The maximum atomic E-state index is 10.8. The first-order chi connectivity index (χ1) is 12.9. The monoisotopic (exact) mass is 434 g/mol. The minimum atomic E-state index is -0.616. The van der Waals surface area contributed by atoms with Gasteiger partial charge in [0.15, 0.2) is 0 Å². The Kier molecular flexibility index (Phi) is 4.30.